The molecule has 0 spiro atoms. The van der Waals surface area contributed by atoms with Crippen LogP contribution in [-0.4, -0.2) is 28.8 Å². The van der Waals surface area contributed by atoms with E-state index in [-0.39, 0.29) is 24.0 Å². The molecule has 8 heteroatoms. The predicted octanol–water partition coefficient (Wildman–Crippen LogP) is 1.83. The van der Waals surface area contributed by atoms with E-state index < -0.39 is 24.2 Å². The molecule has 0 aliphatic carbocycles. The molecule has 2 N–H and O–H groups in total. The van der Waals surface area contributed by atoms with Crippen molar-refractivity contribution in [3.05, 3.63) is 29.3 Å². The number of aliphatic hydroxyl groups is 1. The second-order valence-corrected chi connectivity index (χ2v) is 3.82. The van der Waals surface area contributed by atoms with Gasteiger partial charge in [0.1, 0.15) is 12.0 Å². The number of aliphatic hydroxyl groups excluding tert-OH is 1. The first-order chi connectivity index (χ1) is 9.26. The fraction of sp³-hybridized carbons (Fsp3) is 0.333. The standard InChI is InChI=1S/C12H11F3O5/c13-12(14,15)20-9-5-1-3-8(10(17)11(18)19)7(9)4-2-6-16/h1,3,5-6,10,17H,2,4H2,(H,18,19). The second-order valence-electron chi connectivity index (χ2n) is 3.82. The minimum absolute atomic E-state index is 0.127. The highest BCUT2D eigenvalue weighted by Gasteiger charge is 2.33. The molecule has 0 amide bonds. The average molecular weight is 292 g/mol. The largest absolute Gasteiger partial charge is 0.573 e. The lowest BCUT2D eigenvalue weighted by Gasteiger charge is -2.17. The van der Waals surface area contributed by atoms with Gasteiger partial charge in [-0.05, 0) is 18.1 Å². The summed E-state index contributed by atoms with van der Waals surface area (Å²) in [6.45, 7) is 0. The van der Waals surface area contributed by atoms with Crippen LogP contribution in [0.2, 0.25) is 0 Å². The molecule has 1 aromatic rings. The summed E-state index contributed by atoms with van der Waals surface area (Å²) in [6.07, 6.45) is -6.77. The maximum Gasteiger partial charge on any atom is 0.573 e. The number of aldehydes is 1. The van der Waals surface area contributed by atoms with Gasteiger partial charge in [0.25, 0.3) is 0 Å². The average Bonchev–Trinajstić information content (AvgIpc) is 2.34. The maximum absolute atomic E-state index is 12.3. The summed E-state index contributed by atoms with van der Waals surface area (Å²) in [4.78, 5) is 21.1. The minimum atomic E-state index is -4.96. The summed E-state index contributed by atoms with van der Waals surface area (Å²) in [5, 5.41) is 18.2. The molecule has 0 aromatic heterocycles. The summed E-state index contributed by atoms with van der Waals surface area (Å²) in [7, 11) is 0. The van der Waals surface area contributed by atoms with Crippen LogP contribution in [0.4, 0.5) is 13.2 Å². The fourth-order valence-corrected chi connectivity index (χ4v) is 1.66. The molecule has 0 aliphatic rings. The van der Waals surface area contributed by atoms with Crippen LogP contribution in [0.25, 0.3) is 0 Å². The third-order valence-corrected chi connectivity index (χ3v) is 2.44. The van der Waals surface area contributed by atoms with Crippen molar-refractivity contribution in [1.82, 2.24) is 0 Å². The predicted molar refractivity (Wildman–Crippen MR) is 60.1 cm³/mol. The normalized spacial score (nSPS) is 12.8. The van der Waals surface area contributed by atoms with Crippen LogP contribution < -0.4 is 4.74 Å². The SMILES string of the molecule is O=CCCc1c(OC(F)(F)F)cccc1C(O)C(=O)O. The quantitative estimate of drug-likeness (QED) is 0.781. The van der Waals surface area contributed by atoms with E-state index in [9.17, 15) is 27.9 Å². The summed E-state index contributed by atoms with van der Waals surface area (Å²) in [6, 6.07) is 3.29. The number of carbonyl (C=O) groups is 2. The summed E-state index contributed by atoms with van der Waals surface area (Å²) >= 11 is 0. The Bertz CT molecular complexity index is 498. The van der Waals surface area contributed by atoms with Crippen molar-refractivity contribution in [3.8, 4) is 5.75 Å². The Hall–Kier alpha value is -2.09. The third kappa shape index (κ3) is 4.23. The number of rotatable bonds is 6. The monoisotopic (exact) mass is 292 g/mol. The van der Waals surface area contributed by atoms with Crippen LogP contribution in [0.3, 0.4) is 0 Å². The van der Waals surface area contributed by atoms with E-state index in [0.29, 0.717) is 6.29 Å². The first-order valence-corrected chi connectivity index (χ1v) is 5.48. The van der Waals surface area contributed by atoms with E-state index in [1.54, 1.807) is 0 Å². The number of alkyl halides is 3. The number of halogens is 3. The van der Waals surface area contributed by atoms with Gasteiger partial charge < -0.3 is 19.7 Å². The van der Waals surface area contributed by atoms with Crippen molar-refractivity contribution >= 4 is 12.3 Å². The van der Waals surface area contributed by atoms with E-state index in [4.69, 9.17) is 5.11 Å². The Morgan fingerprint density at radius 3 is 2.55 bits per heavy atom. The van der Waals surface area contributed by atoms with E-state index in [2.05, 4.69) is 4.74 Å². The molecular weight excluding hydrogens is 281 g/mol. The summed E-state index contributed by atoms with van der Waals surface area (Å²) in [5.74, 6) is -2.24. The van der Waals surface area contributed by atoms with Crippen molar-refractivity contribution in [3.63, 3.8) is 0 Å². The van der Waals surface area contributed by atoms with Crippen molar-refractivity contribution in [1.29, 1.82) is 0 Å². The molecule has 110 valence electrons. The first-order valence-electron chi connectivity index (χ1n) is 5.48. The van der Waals surface area contributed by atoms with Gasteiger partial charge in [0.2, 0.25) is 0 Å². The van der Waals surface area contributed by atoms with Crippen molar-refractivity contribution in [2.24, 2.45) is 0 Å². The molecule has 1 rings (SSSR count). The van der Waals surface area contributed by atoms with Crippen LogP contribution in [0.1, 0.15) is 23.7 Å². The highest BCUT2D eigenvalue weighted by Crippen LogP contribution is 2.32. The summed E-state index contributed by atoms with van der Waals surface area (Å²) < 4.78 is 40.6. The molecule has 0 heterocycles. The molecular formula is C12H11F3O5. The smallest absolute Gasteiger partial charge is 0.479 e. The summed E-state index contributed by atoms with van der Waals surface area (Å²) in [5.41, 5.74) is -0.395. The molecule has 0 saturated carbocycles. The zero-order chi connectivity index (χ0) is 15.3. The number of ether oxygens (including phenoxy) is 1. The molecule has 1 unspecified atom stereocenters. The minimum Gasteiger partial charge on any atom is -0.479 e. The highest BCUT2D eigenvalue weighted by molar-refractivity contribution is 5.75. The molecule has 5 nitrogen and oxygen atoms in total. The number of hydrogen-bond donors (Lipinski definition) is 2. The van der Waals surface area contributed by atoms with Gasteiger partial charge in [-0.25, -0.2) is 4.79 Å². The van der Waals surface area contributed by atoms with Crippen molar-refractivity contribution in [2.45, 2.75) is 25.3 Å². The first kappa shape index (κ1) is 16.0. The van der Waals surface area contributed by atoms with E-state index in [1.165, 1.54) is 6.07 Å². The Morgan fingerprint density at radius 2 is 2.05 bits per heavy atom. The lowest BCUT2D eigenvalue weighted by Crippen LogP contribution is -2.20. The van der Waals surface area contributed by atoms with E-state index in [1.807, 2.05) is 0 Å². The van der Waals surface area contributed by atoms with Gasteiger partial charge in [0, 0.05) is 12.0 Å². The molecule has 0 bridgehead atoms. The number of benzene rings is 1. The fourth-order valence-electron chi connectivity index (χ4n) is 1.66. The molecule has 0 fully saturated rings. The lowest BCUT2D eigenvalue weighted by molar-refractivity contribution is -0.274. The van der Waals surface area contributed by atoms with Gasteiger partial charge in [0.15, 0.2) is 6.10 Å². The third-order valence-electron chi connectivity index (χ3n) is 2.44. The van der Waals surface area contributed by atoms with Gasteiger partial charge in [0.05, 0.1) is 0 Å². The zero-order valence-corrected chi connectivity index (χ0v) is 10.1. The zero-order valence-electron chi connectivity index (χ0n) is 10.1. The number of carboxylic acid groups (broad SMARTS) is 1. The number of aliphatic carboxylic acids is 1. The topological polar surface area (TPSA) is 83.8 Å². The number of hydrogen-bond acceptors (Lipinski definition) is 4. The van der Waals surface area contributed by atoms with Crippen molar-refractivity contribution < 1.29 is 37.7 Å². The molecule has 1 aromatic carbocycles. The Morgan fingerprint density at radius 1 is 1.40 bits per heavy atom. The van der Waals surface area contributed by atoms with Crippen molar-refractivity contribution in [2.75, 3.05) is 0 Å². The van der Waals surface area contributed by atoms with Crippen LogP contribution in [0.15, 0.2) is 18.2 Å². The molecule has 0 saturated heterocycles. The molecule has 0 aliphatic heterocycles. The number of carbonyl (C=O) groups excluding carboxylic acids is 1. The lowest BCUT2D eigenvalue weighted by atomic mass is 9.97. The van der Waals surface area contributed by atoms with Crippen LogP contribution in [0.5, 0.6) is 5.75 Å². The van der Waals surface area contributed by atoms with Gasteiger partial charge >= 0.3 is 12.3 Å². The Kier molecular flexibility index (Phi) is 5.09. The Balaban J connectivity index is 3.25. The highest BCUT2D eigenvalue weighted by atomic mass is 19.4. The Labute approximate surface area is 111 Å². The van der Waals surface area contributed by atoms with Gasteiger partial charge in [-0.1, -0.05) is 12.1 Å². The van der Waals surface area contributed by atoms with Gasteiger partial charge in [-0.15, -0.1) is 13.2 Å². The molecule has 0 radical (unpaired) electrons. The van der Waals surface area contributed by atoms with Crippen LogP contribution in [-0.2, 0) is 16.0 Å². The van der Waals surface area contributed by atoms with E-state index in [0.717, 1.165) is 12.1 Å². The van der Waals surface area contributed by atoms with Crippen LogP contribution >= 0.6 is 0 Å². The number of carboxylic acids is 1. The van der Waals surface area contributed by atoms with Gasteiger partial charge in [-0.2, -0.15) is 0 Å². The molecule has 1 atom stereocenters. The molecule has 20 heavy (non-hydrogen) atoms. The second kappa shape index (κ2) is 6.38. The van der Waals surface area contributed by atoms with Crippen LogP contribution in [0, 0.1) is 0 Å². The van der Waals surface area contributed by atoms with Gasteiger partial charge in [-0.3, -0.25) is 0 Å². The van der Waals surface area contributed by atoms with E-state index >= 15 is 0 Å². The maximum atomic E-state index is 12.3.